The standard InChI is InChI=1S/C15H24N2/c1-11-9-12(2)14-6-5-13(7-8-17(3)4)16-15(14)10-11/h9-10,13,16H,5-8H2,1-4H3. The van der Waals surface area contributed by atoms with Crippen LogP contribution in [0.25, 0.3) is 0 Å². The first-order valence-electron chi connectivity index (χ1n) is 6.57. The smallest absolute Gasteiger partial charge is 0.0380 e. The Morgan fingerprint density at radius 2 is 2.06 bits per heavy atom. The van der Waals surface area contributed by atoms with Gasteiger partial charge < -0.3 is 10.2 Å². The molecule has 0 radical (unpaired) electrons. The van der Waals surface area contributed by atoms with Gasteiger partial charge in [0.05, 0.1) is 0 Å². The highest BCUT2D eigenvalue weighted by molar-refractivity contribution is 5.58. The van der Waals surface area contributed by atoms with Crippen molar-refractivity contribution in [2.24, 2.45) is 0 Å². The van der Waals surface area contributed by atoms with Crippen molar-refractivity contribution in [3.05, 3.63) is 28.8 Å². The van der Waals surface area contributed by atoms with Crippen molar-refractivity contribution in [2.75, 3.05) is 26.0 Å². The summed E-state index contributed by atoms with van der Waals surface area (Å²) in [7, 11) is 4.29. The summed E-state index contributed by atoms with van der Waals surface area (Å²) in [4.78, 5) is 2.26. The molecule has 2 rings (SSSR count). The fourth-order valence-electron chi connectivity index (χ4n) is 2.70. The van der Waals surface area contributed by atoms with Crippen molar-refractivity contribution < 1.29 is 0 Å². The highest BCUT2D eigenvalue weighted by Crippen LogP contribution is 2.29. The Kier molecular flexibility index (Phi) is 3.72. The number of benzene rings is 1. The minimum absolute atomic E-state index is 0.645. The van der Waals surface area contributed by atoms with Crippen LogP contribution in [-0.4, -0.2) is 31.6 Å². The van der Waals surface area contributed by atoms with Gasteiger partial charge in [-0.3, -0.25) is 0 Å². The second-order valence-corrected chi connectivity index (χ2v) is 5.58. The van der Waals surface area contributed by atoms with E-state index in [0.717, 1.165) is 6.54 Å². The number of nitrogens with zero attached hydrogens (tertiary/aromatic N) is 1. The molecule has 0 saturated carbocycles. The van der Waals surface area contributed by atoms with Gasteiger partial charge in [0.15, 0.2) is 0 Å². The lowest BCUT2D eigenvalue weighted by atomic mass is 9.92. The number of aryl methyl sites for hydroxylation is 2. The molecular formula is C15H24N2. The first-order valence-corrected chi connectivity index (χ1v) is 6.57. The summed E-state index contributed by atoms with van der Waals surface area (Å²) in [5.74, 6) is 0. The SMILES string of the molecule is Cc1cc(C)c2c(c1)NC(CCN(C)C)CC2. The number of fused-ring (bicyclic) bond motifs is 1. The zero-order valence-corrected chi connectivity index (χ0v) is 11.5. The highest BCUT2D eigenvalue weighted by Gasteiger charge is 2.19. The lowest BCUT2D eigenvalue weighted by Gasteiger charge is -2.29. The predicted octanol–water partition coefficient (Wildman–Crippen LogP) is 2.98. The molecule has 94 valence electrons. The van der Waals surface area contributed by atoms with Gasteiger partial charge >= 0.3 is 0 Å². The Balaban J connectivity index is 2.08. The van der Waals surface area contributed by atoms with Crippen molar-refractivity contribution >= 4 is 5.69 Å². The molecule has 1 aromatic rings. The van der Waals surface area contributed by atoms with Crippen LogP contribution < -0.4 is 5.32 Å². The third-order valence-electron chi connectivity index (χ3n) is 3.64. The predicted molar refractivity (Wildman–Crippen MR) is 74.8 cm³/mol. The zero-order valence-electron chi connectivity index (χ0n) is 11.5. The van der Waals surface area contributed by atoms with Gasteiger partial charge in [0.1, 0.15) is 0 Å². The van der Waals surface area contributed by atoms with E-state index in [-0.39, 0.29) is 0 Å². The van der Waals surface area contributed by atoms with Crippen LogP contribution in [0.3, 0.4) is 0 Å². The van der Waals surface area contributed by atoms with Crippen LogP contribution >= 0.6 is 0 Å². The van der Waals surface area contributed by atoms with Crippen molar-refractivity contribution in [1.82, 2.24) is 4.90 Å². The van der Waals surface area contributed by atoms with Crippen LogP contribution in [-0.2, 0) is 6.42 Å². The molecule has 0 aliphatic carbocycles. The molecule has 0 saturated heterocycles. The first kappa shape index (κ1) is 12.4. The number of hydrogen-bond donors (Lipinski definition) is 1. The third-order valence-corrected chi connectivity index (χ3v) is 3.64. The van der Waals surface area contributed by atoms with Crippen LogP contribution in [0.5, 0.6) is 0 Å². The zero-order chi connectivity index (χ0) is 12.4. The van der Waals surface area contributed by atoms with Crippen LogP contribution in [0.4, 0.5) is 5.69 Å². The maximum Gasteiger partial charge on any atom is 0.0380 e. The third kappa shape index (κ3) is 3.01. The topological polar surface area (TPSA) is 15.3 Å². The van der Waals surface area contributed by atoms with Crippen LogP contribution in [0.15, 0.2) is 12.1 Å². The molecular weight excluding hydrogens is 208 g/mol. The summed E-state index contributed by atoms with van der Waals surface area (Å²) in [6, 6.07) is 5.23. The number of nitrogens with one attached hydrogen (secondary N) is 1. The molecule has 0 fully saturated rings. The molecule has 17 heavy (non-hydrogen) atoms. The highest BCUT2D eigenvalue weighted by atomic mass is 15.1. The average molecular weight is 232 g/mol. The van der Waals surface area contributed by atoms with Gasteiger partial charge in [-0.05, 0) is 76.5 Å². The van der Waals surface area contributed by atoms with E-state index in [9.17, 15) is 0 Å². The van der Waals surface area contributed by atoms with Gasteiger partial charge in [-0.2, -0.15) is 0 Å². The maximum absolute atomic E-state index is 3.71. The molecule has 1 atom stereocenters. The normalized spacial score (nSPS) is 19.0. The maximum atomic E-state index is 3.71. The van der Waals surface area contributed by atoms with E-state index in [1.807, 2.05) is 0 Å². The minimum Gasteiger partial charge on any atom is -0.382 e. The van der Waals surface area contributed by atoms with Crippen LogP contribution in [0.2, 0.25) is 0 Å². The Bertz CT molecular complexity index is 396. The molecule has 0 amide bonds. The average Bonchev–Trinajstić information content (AvgIpc) is 2.25. The van der Waals surface area contributed by atoms with Crippen molar-refractivity contribution in [2.45, 2.75) is 39.2 Å². The molecule has 1 aliphatic rings. The lowest BCUT2D eigenvalue weighted by molar-refractivity contribution is 0.379. The first-order chi connectivity index (χ1) is 8.06. The minimum atomic E-state index is 0.645. The van der Waals surface area contributed by atoms with Crippen molar-refractivity contribution in [3.8, 4) is 0 Å². The Labute approximate surface area is 105 Å². The van der Waals surface area contributed by atoms with E-state index in [1.165, 1.54) is 41.6 Å². The van der Waals surface area contributed by atoms with E-state index < -0.39 is 0 Å². The monoisotopic (exact) mass is 232 g/mol. The molecule has 1 unspecified atom stereocenters. The molecule has 2 heteroatoms. The second kappa shape index (κ2) is 5.09. The molecule has 1 aromatic carbocycles. The van der Waals surface area contributed by atoms with E-state index in [0.29, 0.717) is 6.04 Å². The summed E-state index contributed by atoms with van der Waals surface area (Å²) in [6.07, 6.45) is 3.73. The van der Waals surface area contributed by atoms with Gasteiger partial charge in [0.25, 0.3) is 0 Å². The summed E-state index contributed by atoms with van der Waals surface area (Å²) in [5, 5.41) is 3.71. The molecule has 1 N–H and O–H groups in total. The summed E-state index contributed by atoms with van der Waals surface area (Å²) >= 11 is 0. The summed E-state index contributed by atoms with van der Waals surface area (Å²) < 4.78 is 0. The number of anilines is 1. The molecule has 0 aromatic heterocycles. The Morgan fingerprint density at radius 1 is 1.29 bits per heavy atom. The van der Waals surface area contributed by atoms with E-state index in [2.05, 4.69) is 50.3 Å². The van der Waals surface area contributed by atoms with Gasteiger partial charge in [0, 0.05) is 11.7 Å². The van der Waals surface area contributed by atoms with E-state index in [4.69, 9.17) is 0 Å². The van der Waals surface area contributed by atoms with Crippen molar-refractivity contribution in [3.63, 3.8) is 0 Å². The summed E-state index contributed by atoms with van der Waals surface area (Å²) in [6.45, 7) is 5.57. The van der Waals surface area contributed by atoms with Crippen LogP contribution in [0, 0.1) is 13.8 Å². The number of rotatable bonds is 3. The van der Waals surface area contributed by atoms with Gasteiger partial charge in [-0.15, -0.1) is 0 Å². The van der Waals surface area contributed by atoms with Gasteiger partial charge in [0.2, 0.25) is 0 Å². The quantitative estimate of drug-likeness (QED) is 0.862. The van der Waals surface area contributed by atoms with Gasteiger partial charge in [-0.25, -0.2) is 0 Å². The molecule has 1 aliphatic heterocycles. The van der Waals surface area contributed by atoms with Crippen molar-refractivity contribution in [1.29, 1.82) is 0 Å². The summed E-state index contributed by atoms with van der Waals surface area (Å²) in [5.41, 5.74) is 5.70. The fourth-order valence-corrected chi connectivity index (χ4v) is 2.70. The van der Waals surface area contributed by atoms with E-state index in [1.54, 1.807) is 0 Å². The van der Waals surface area contributed by atoms with Crippen LogP contribution in [0.1, 0.15) is 29.5 Å². The molecule has 2 nitrogen and oxygen atoms in total. The Hall–Kier alpha value is -1.02. The Morgan fingerprint density at radius 3 is 2.76 bits per heavy atom. The molecule has 0 bridgehead atoms. The lowest BCUT2D eigenvalue weighted by Crippen LogP contribution is -2.29. The fraction of sp³-hybridized carbons (Fsp3) is 0.600. The molecule has 1 heterocycles. The number of hydrogen-bond acceptors (Lipinski definition) is 2. The molecule has 0 spiro atoms. The largest absolute Gasteiger partial charge is 0.382 e. The van der Waals surface area contributed by atoms with E-state index >= 15 is 0 Å². The second-order valence-electron chi connectivity index (χ2n) is 5.58. The van der Waals surface area contributed by atoms with Gasteiger partial charge in [-0.1, -0.05) is 6.07 Å².